The smallest absolute Gasteiger partial charge is 0.340 e. The molecule has 3 amide bonds. The monoisotopic (exact) mass is 1020 g/mol. The lowest BCUT2D eigenvalue weighted by Crippen LogP contribution is -2.70. The Balaban J connectivity index is 0.860. The van der Waals surface area contributed by atoms with Gasteiger partial charge in [0.25, 0.3) is 0 Å². The van der Waals surface area contributed by atoms with Crippen molar-refractivity contribution in [3.8, 4) is 16.2 Å². The predicted molar refractivity (Wildman–Crippen MR) is 278 cm³/mol. The minimum atomic E-state index is -0.976. The molecule has 72 heavy (non-hydrogen) atoms. The number of carbonyl (C=O) groups excluding carboxylic acids is 4. The number of carbonyl (C=O) groups is 4. The Morgan fingerprint density at radius 3 is 2.22 bits per heavy atom. The first-order chi connectivity index (χ1) is 33.9. The average molecular weight is 1030 g/mol. The van der Waals surface area contributed by atoms with E-state index in [9.17, 15) is 24.3 Å². The molecule has 0 spiro atoms. The van der Waals surface area contributed by atoms with Crippen LogP contribution in [0.2, 0.25) is 5.02 Å². The Bertz CT molecular complexity index is 2620. The number of thiazole rings is 1. The third-order valence-corrected chi connectivity index (χ3v) is 15.6. The Kier molecular flexibility index (Phi) is 16.4. The van der Waals surface area contributed by atoms with Crippen LogP contribution in [0, 0.1) is 29.7 Å². The summed E-state index contributed by atoms with van der Waals surface area (Å²) in [6.07, 6.45) is 0.0390. The Morgan fingerprint density at radius 2 is 1.64 bits per heavy atom. The second-order valence-electron chi connectivity index (χ2n) is 21.9. The summed E-state index contributed by atoms with van der Waals surface area (Å²) >= 11 is 7.84. The van der Waals surface area contributed by atoms with Gasteiger partial charge in [-0.25, -0.2) is 19.6 Å². The molecule has 18 heteroatoms. The van der Waals surface area contributed by atoms with Crippen molar-refractivity contribution in [1.29, 1.82) is 0 Å². The molecule has 4 aromatic rings. The maximum Gasteiger partial charge on any atom is 0.340 e. The van der Waals surface area contributed by atoms with Gasteiger partial charge in [-0.05, 0) is 68.5 Å². The summed E-state index contributed by atoms with van der Waals surface area (Å²) in [5, 5.41) is 16.9. The highest BCUT2D eigenvalue weighted by molar-refractivity contribution is 7.13. The molecule has 2 aliphatic heterocycles. The zero-order valence-corrected chi connectivity index (χ0v) is 44.8. The number of hydrogen-bond acceptors (Lipinski definition) is 13. The number of β-amino-alcohol motifs (C(OH)–C–C–N with tert-alkyl or cyclic N) is 1. The van der Waals surface area contributed by atoms with Crippen LogP contribution in [0.15, 0.2) is 66.3 Å². The van der Waals surface area contributed by atoms with Crippen molar-refractivity contribution < 1.29 is 38.5 Å². The van der Waals surface area contributed by atoms with Gasteiger partial charge in [-0.3, -0.25) is 19.3 Å². The number of piperazine rings is 1. The molecule has 1 saturated carbocycles. The molecule has 2 aromatic heterocycles. The fourth-order valence-electron chi connectivity index (χ4n) is 11.0. The van der Waals surface area contributed by atoms with E-state index in [-0.39, 0.29) is 56.3 Å². The van der Waals surface area contributed by atoms with Crippen LogP contribution in [0.3, 0.4) is 0 Å². The minimum absolute atomic E-state index is 0.0241. The molecule has 16 nitrogen and oxygen atoms in total. The van der Waals surface area contributed by atoms with Gasteiger partial charge in [0.15, 0.2) is 0 Å². The molecule has 3 N–H and O–H groups in total. The summed E-state index contributed by atoms with van der Waals surface area (Å²) < 4.78 is 18.3. The Morgan fingerprint density at radius 1 is 0.958 bits per heavy atom. The van der Waals surface area contributed by atoms with E-state index in [0.717, 1.165) is 27.5 Å². The molecule has 2 saturated heterocycles. The minimum Gasteiger partial charge on any atom is -0.489 e. The number of pyridine rings is 1. The summed E-state index contributed by atoms with van der Waals surface area (Å²) in [7, 11) is 0. The largest absolute Gasteiger partial charge is 0.489 e. The van der Waals surface area contributed by atoms with Gasteiger partial charge in [0, 0.05) is 61.7 Å². The highest BCUT2D eigenvalue weighted by atomic mass is 35.5. The summed E-state index contributed by atoms with van der Waals surface area (Å²) in [6, 6.07) is 14.4. The van der Waals surface area contributed by atoms with E-state index in [1.165, 1.54) is 4.90 Å². The fourth-order valence-corrected chi connectivity index (χ4v) is 12.0. The van der Waals surface area contributed by atoms with E-state index < -0.39 is 58.3 Å². The number of anilines is 1. The number of rotatable bonds is 16. The van der Waals surface area contributed by atoms with Crippen LogP contribution >= 0.6 is 22.9 Å². The topological polar surface area (TPSA) is 180 Å². The van der Waals surface area contributed by atoms with Gasteiger partial charge in [-0.2, -0.15) is 0 Å². The van der Waals surface area contributed by atoms with Gasteiger partial charge in [-0.15, -0.1) is 11.3 Å². The highest BCUT2D eigenvalue weighted by Crippen LogP contribution is 2.57. The van der Waals surface area contributed by atoms with Gasteiger partial charge in [0.1, 0.15) is 42.5 Å². The molecule has 7 rings (SSSR count). The first-order valence-electron chi connectivity index (χ1n) is 24.6. The molecule has 0 bridgehead atoms. The molecule has 3 aliphatic rings. The van der Waals surface area contributed by atoms with E-state index in [2.05, 4.69) is 44.1 Å². The predicted octanol–water partition coefficient (Wildman–Crippen LogP) is 8.04. The standard InChI is InChI=1S/C54H69ClN8O8S/c1-31-26-61(27-32(2)63(31)43-20-17-37(25-57-43)49(68)71-51-53(8,9)50(54(51,10)11)70-39-18-19-41(56-12)40(55)24-39)21-22-69-29-44(65)60-46(52(5,6)7)48(67)62-28-38(64)23-42(62)47(66)59-33(3)35-13-15-36(16-14-35)45-34(4)58-30-72-45/h13-20,24-25,30-33,38,42,46,50-51,64H,21-23,26-29H2,1-11H3,(H,59,66)(H,60,65)/t31-,32+,33-,38+,42?,46+,50?,51?/m0/s1. The van der Waals surface area contributed by atoms with Crippen LogP contribution < -0.4 is 20.3 Å². The number of aliphatic hydroxyl groups excluding tert-OH is 1. The van der Waals surface area contributed by atoms with Crippen LogP contribution in [0.25, 0.3) is 15.3 Å². The van der Waals surface area contributed by atoms with Crippen molar-refractivity contribution in [2.45, 2.75) is 131 Å². The van der Waals surface area contributed by atoms with Crippen LogP contribution in [-0.4, -0.2) is 130 Å². The molecule has 2 aromatic carbocycles. The number of nitrogens with zero attached hydrogens (tertiary/aromatic N) is 6. The van der Waals surface area contributed by atoms with E-state index in [1.54, 1.807) is 41.8 Å². The highest BCUT2D eigenvalue weighted by Gasteiger charge is 2.66. The van der Waals surface area contributed by atoms with Gasteiger partial charge >= 0.3 is 5.97 Å². The number of ether oxygens (including phenoxy) is 3. The van der Waals surface area contributed by atoms with E-state index in [4.69, 9.17) is 37.4 Å². The summed E-state index contributed by atoms with van der Waals surface area (Å²) in [5.74, 6) is -0.433. The first-order valence-corrected chi connectivity index (χ1v) is 25.8. The number of aryl methyl sites for hydroxylation is 1. The van der Waals surface area contributed by atoms with E-state index >= 15 is 0 Å². The molecule has 3 fully saturated rings. The Hall–Kier alpha value is -5.64. The zero-order chi connectivity index (χ0) is 52.4. The zero-order valence-electron chi connectivity index (χ0n) is 43.2. The number of likely N-dealkylation sites (tertiary alicyclic amines) is 1. The van der Waals surface area contributed by atoms with Gasteiger partial charge in [0.05, 0.1) is 52.0 Å². The number of hydrogen-bond donors (Lipinski definition) is 3. The van der Waals surface area contributed by atoms with Crippen LogP contribution in [0.1, 0.15) is 103 Å². The summed E-state index contributed by atoms with van der Waals surface area (Å²) in [4.78, 5) is 74.2. The van der Waals surface area contributed by atoms with Crippen molar-refractivity contribution in [2.24, 2.45) is 16.2 Å². The number of aromatic nitrogens is 2. The quantitative estimate of drug-likeness (QED) is 0.0560. The van der Waals surface area contributed by atoms with Crippen molar-refractivity contribution in [3.63, 3.8) is 0 Å². The van der Waals surface area contributed by atoms with Crippen LogP contribution in [0.5, 0.6) is 5.75 Å². The van der Waals surface area contributed by atoms with Crippen molar-refractivity contribution in [2.75, 3.05) is 44.3 Å². The lowest BCUT2D eigenvalue weighted by molar-refractivity contribution is -0.236. The number of aliphatic hydroxyl groups is 1. The second kappa shape index (κ2) is 21.8. The third kappa shape index (κ3) is 11.7. The molecular weight excluding hydrogens is 956 g/mol. The first kappa shape index (κ1) is 54.1. The van der Waals surface area contributed by atoms with Crippen molar-refractivity contribution >= 4 is 58.1 Å². The fraction of sp³-hybridized carbons (Fsp3) is 0.537. The summed E-state index contributed by atoms with van der Waals surface area (Å²) in [6.45, 7) is 30.9. The number of amides is 3. The van der Waals surface area contributed by atoms with Gasteiger partial charge in [-0.1, -0.05) is 90.4 Å². The van der Waals surface area contributed by atoms with Crippen molar-refractivity contribution in [1.82, 2.24) is 30.4 Å². The number of benzene rings is 2. The Labute approximate surface area is 432 Å². The van der Waals surface area contributed by atoms with Crippen LogP contribution in [0.4, 0.5) is 11.5 Å². The molecule has 1 unspecified atom stereocenters. The maximum absolute atomic E-state index is 14.2. The van der Waals surface area contributed by atoms with Crippen LogP contribution in [-0.2, 0) is 23.9 Å². The average Bonchev–Trinajstić information content (AvgIpc) is 3.94. The van der Waals surface area contributed by atoms with E-state index in [1.807, 2.05) is 98.2 Å². The molecule has 0 radical (unpaired) electrons. The lowest BCUT2D eigenvalue weighted by Gasteiger charge is -2.61. The molecule has 6 atom stereocenters. The number of nitrogens with one attached hydrogen (secondary N) is 2. The van der Waals surface area contributed by atoms with E-state index in [0.29, 0.717) is 41.7 Å². The lowest BCUT2D eigenvalue weighted by atomic mass is 9.51. The maximum atomic E-state index is 14.2. The normalized spacial score (nSPS) is 23.6. The SMILES string of the molecule is [C-]#[N+]c1ccc(OC2C(C)(C)C(OC(=O)c3ccc(N4[C@H](C)CN(CCOCC(=O)N[C@H](C(=O)N5C[C@H](O)CC5C(=O)N[C@@H](C)c5ccc(-c6scnc6C)cc5)C(C)(C)C)C[C@@H]4C)nc3)C2(C)C)cc1Cl. The molecule has 1 aliphatic carbocycles. The number of halogens is 1. The molecule has 386 valence electrons. The number of esters is 1. The van der Waals surface area contributed by atoms with Crippen molar-refractivity contribution in [3.05, 3.63) is 99.6 Å². The van der Waals surface area contributed by atoms with Gasteiger partial charge < -0.3 is 39.8 Å². The third-order valence-electron chi connectivity index (χ3n) is 14.3. The summed E-state index contributed by atoms with van der Waals surface area (Å²) in [5.41, 5.74) is 3.68. The molecule has 4 heterocycles. The second-order valence-corrected chi connectivity index (χ2v) is 23.1. The van der Waals surface area contributed by atoms with Gasteiger partial charge in [0.2, 0.25) is 23.4 Å². The molecular formula is C54H69ClN8O8S.